The van der Waals surface area contributed by atoms with Gasteiger partial charge in [0.2, 0.25) is 10.0 Å². The number of hydrogen-bond acceptors (Lipinski definition) is 12. The molecule has 1 unspecified atom stereocenters. The lowest BCUT2D eigenvalue weighted by Crippen LogP contribution is -2.52. The van der Waals surface area contributed by atoms with Gasteiger partial charge in [-0.15, -0.1) is 0 Å². The van der Waals surface area contributed by atoms with Gasteiger partial charge < -0.3 is 34.6 Å². The maximum atomic E-state index is 13.8. The number of pyridine rings is 1. The van der Waals surface area contributed by atoms with E-state index >= 15 is 0 Å². The molecule has 1 aliphatic carbocycles. The highest BCUT2D eigenvalue weighted by atomic mass is 35.5. The van der Waals surface area contributed by atoms with Crippen LogP contribution in [0.3, 0.4) is 0 Å². The first-order chi connectivity index (χ1) is 32.2. The van der Waals surface area contributed by atoms with E-state index in [1.807, 2.05) is 0 Å². The van der Waals surface area contributed by atoms with Crippen LogP contribution in [0.1, 0.15) is 64.9 Å². The Kier molecular flexibility index (Phi) is 17.1. The van der Waals surface area contributed by atoms with Gasteiger partial charge in [0.1, 0.15) is 34.8 Å². The monoisotopic (exact) mass is 1020 g/mol. The second-order valence-electron chi connectivity index (χ2n) is 15.9. The number of aromatic nitrogens is 1. The van der Waals surface area contributed by atoms with E-state index in [-0.39, 0.29) is 74.1 Å². The van der Waals surface area contributed by atoms with Crippen LogP contribution < -0.4 is 24.2 Å². The van der Waals surface area contributed by atoms with E-state index < -0.39 is 65.3 Å². The summed E-state index contributed by atoms with van der Waals surface area (Å²) in [5, 5.41) is 21.4. The Morgan fingerprint density at radius 1 is 0.897 bits per heavy atom. The number of carbonyl (C=O) groups is 4. The van der Waals surface area contributed by atoms with Gasteiger partial charge >= 0.3 is 30.7 Å². The predicted octanol–water partition coefficient (Wildman–Crippen LogP) is 6.56. The summed E-state index contributed by atoms with van der Waals surface area (Å²) < 4.78 is 111. The van der Waals surface area contributed by atoms with Crippen molar-refractivity contribution in [2.75, 3.05) is 32.8 Å². The third kappa shape index (κ3) is 14.4. The molecule has 4 heterocycles. The Balaban J connectivity index is 0.00000101. The highest BCUT2D eigenvalue weighted by molar-refractivity contribution is 7.89. The molecule has 366 valence electrons. The lowest BCUT2D eigenvalue weighted by atomic mass is 9.86. The quantitative estimate of drug-likeness (QED) is 0.0417. The number of nitrogens with one attached hydrogen (secondary N) is 2. The Hall–Kier alpha value is -5.81. The Morgan fingerprint density at radius 3 is 2.15 bits per heavy atom. The van der Waals surface area contributed by atoms with Crippen LogP contribution >= 0.6 is 23.2 Å². The van der Waals surface area contributed by atoms with Crippen LogP contribution in [0.2, 0.25) is 10.0 Å². The summed E-state index contributed by atoms with van der Waals surface area (Å²) in [7, 11) is -4.43. The van der Waals surface area contributed by atoms with E-state index in [1.165, 1.54) is 36.4 Å². The summed E-state index contributed by atoms with van der Waals surface area (Å²) in [4.78, 5) is 51.1. The fourth-order valence-corrected chi connectivity index (χ4v) is 9.12. The summed E-state index contributed by atoms with van der Waals surface area (Å²) in [5.41, 5.74) is 0.747. The highest BCUT2D eigenvalue weighted by Crippen LogP contribution is 2.38. The average molecular weight is 1020 g/mol. The standard InChI is InChI=1S/C42H42Cl2F2N4O10S.C2HF3O2/c43-32-21-50(54)22-33(44)31(32)19-35(28-11-12-34(60-42(45)46)36(18-28)57-24-25-9-10-25)58-38(51)20-47-40(52)29-7-4-8-30(17-29)61(55,56)48-39(27-5-2-1-3-6-27)41(53)59-37-23-49-15-13-26(37)14-16-49;3-2(4,5)1(6)7/h1-8,11-12,17-18,21-22,25-26,35,37,39,42,48H,9-10,13-16,19-20,23-24H2,(H,47,52);(H,6,7)/t35-,37-,39?;/m0./s1. The molecule has 16 nitrogen and oxygen atoms in total. The number of aliphatic carboxylic acids is 1. The van der Waals surface area contributed by atoms with E-state index in [4.69, 9.17) is 47.3 Å². The van der Waals surface area contributed by atoms with E-state index in [2.05, 4.69) is 19.7 Å². The second-order valence-corrected chi connectivity index (χ2v) is 18.4. The van der Waals surface area contributed by atoms with Gasteiger partial charge in [-0.1, -0.05) is 65.7 Å². The van der Waals surface area contributed by atoms with Gasteiger partial charge in [-0.2, -0.15) is 31.4 Å². The van der Waals surface area contributed by atoms with Crippen LogP contribution in [0.25, 0.3) is 0 Å². The van der Waals surface area contributed by atoms with Gasteiger partial charge in [0.05, 0.1) is 11.5 Å². The number of ether oxygens (including phenoxy) is 4. The molecule has 4 aliphatic rings. The number of rotatable bonds is 18. The number of halogens is 7. The van der Waals surface area contributed by atoms with E-state index in [9.17, 15) is 50.0 Å². The van der Waals surface area contributed by atoms with Gasteiger partial charge in [0, 0.05) is 24.1 Å². The van der Waals surface area contributed by atoms with Gasteiger partial charge in [-0.3, -0.25) is 14.5 Å². The number of benzene rings is 3. The lowest BCUT2D eigenvalue weighted by Gasteiger charge is -2.44. The highest BCUT2D eigenvalue weighted by Gasteiger charge is 2.40. The fraction of sp³-hybridized carbons (Fsp3) is 0.386. The summed E-state index contributed by atoms with van der Waals surface area (Å²) in [6, 6.07) is 16.0. The number of carboxylic acids is 1. The van der Waals surface area contributed by atoms with E-state index in [1.54, 1.807) is 30.3 Å². The first-order valence-corrected chi connectivity index (χ1v) is 23.1. The van der Waals surface area contributed by atoms with Crippen LogP contribution in [0.15, 0.2) is 90.1 Å². The van der Waals surface area contributed by atoms with Crippen LogP contribution in [0, 0.1) is 17.0 Å². The predicted molar refractivity (Wildman–Crippen MR) is 230 cm³/mol. The topological polar surface area (TPSA) is 214 Å². The molecular weight excluding hydrogens is 974 g/mol. The van der Waals surface area contributed by atoms with Crippen molar-refractivity contribution in [3.05, 3.63) is 123 Å². The molecule has 1 amide bonds. The van der Waals surface area contributed by atoms with Crippen molar-refractivity contribution >= 4 is 57.0 Å². The van der Waals surface area contributed by atoms with Gasteiger partial charge in [-0.25, -0.2) is 18.0 Å². The number of sulfonamides is 1. The fourth-order valence-electron chi connectivity index (χ4n) is 7.30. The molecule has 0 radical (unpaired) electrons. The third-order valence-electron chi connectivity index (χ3n) is 11.0. The summed E-state index contributed by atoms with van der Waals surface area (Å²) >= 11 is 12.7. The number of hydrogen-bond donors (Lipinski definition) is 3. The van der Waals surface area contributed by atoms with E-state index in [0.717, 1.165) is 57.2 Å². The molecule has 4 aromatic rings. The molecule has 3 aliphatic heterocycles. The van der Waals surface area contributed by atoms with Gasteiger partial charge in [0.25, 0.3) is 5.91 Å². The minimum atomic E-state index is -5.08. The smallest absolute Gasteiger partial charge is 0.490 e. The molecule has 1 aromatic heterocycles. The third-order valence-corrected chi connectivity index (χ3v) is 13.1. The summed E-state index contributed by atoms with van der Waals surface area (Å²) in [6.45, 7) is -1.15. The van der Waals surface area contributed by atoms with Crippen molar-refractivity contribution in [3.8, 4) is 11.5 Å². The minimum absolute atomic E-state index is 0.0211. The molecule has 68 heavy (non-hydrogen) atoms. The number of nitrogens with zero attached hydrogens (tertiary/aromatic N) is 2. The first kappa shape index (κ1) is 51.6. The molecule has 4 fully saturated rings. The van der Waals surface area contributed by atoms with Gasteiger partial charge in [0.15, 0.2) is 23.9 Å². The zero-order chi connectivity index (χ0) is 49.3. The lowest BCUT2D eigenvalue weighted by molar-refractivity contribution is -0.605. The molecule has 1 saturated carbocycles. The minimum Gasteiger partial charge on any atom is -0.619 e. The largest absolute Gasteiger partial charge is 0.619 e. The molecular formula is C44H43Cl2F5N4O12S. The molecule has 3 N–H and O–H groups in total. The maximum Gasteiger partial charge on any atom is 0.490 e. The van der Waals surface area contributed by atoms with Crippen LogP contribution in [-0.2, 0) is 40.3 Å². The number of amides is 1. The molecule has 8 rings (SSSR count). The van der Waals surface area contributed by atoms with Crippen molar-refractivity contribution in [2.45, 2.75) is 68.0 Å². The number of piperidine rings is 3. The summed E-state index contributed by atoms with van der Waals surface area (Å²) in [6.07, 6.45) is -1.09. The van der Waals surface area contributed by atoms with Crippen molar-refractivity contribution in [2.24, 2.45) is 11.8 Å². The zero-order valence-electron chi connectivity index (χ0n) is 35.5. The SMILES string of the molecule is O=C(CNC(=O)c1cccc(S(=O)(=O)NC(C(=O)O[C@H]2CN3CCC2CC3)c2ccccc2)c1)O[C@@H](Cc1c(Cl)c[n+]([O-])cc1Cl)c1ccc(OC(F)F)c(OCC2CC2)c1.O=C(O)C(F)(F)F. The second kappa shape index (κ2) is 22.5. The molecule has 2 bridgehead atoms. The van der Waals surface area contributed by atoms with Crippen LogP contribution in [0.4, 0.5) is 22.0 Å². The Morgan fingerprint density at radius 2 is 1.56 bits per heavy atom. The van der Waals surface area contributed by atoms with Gasteiger partial charge in [-0.05, 0) is 92.1 Å². The number of alkyl halides is 5. The van der Waals surface area contributed by atoms with Crippen molar-refractivity contribution in [1.82, 2.24) is 14.9 Å². The number of carboxylic acid groups (broad SMARTS) is 1. The summed E-state index contributed by atoms with van der Waals surface area (Å²) in [5.74, 6) is -5.09. The van der Waals surface area contributed by atoms with Crippen molar-refractivity contribution in [3.63, 3.8) is 0 Å². The average Bonchev–Trinajstić information content (AvgIpc) is 4.13. The molecule has 3 aromatic carbocycles. The Labute approximate surface area is 395 Å². The van der Waals surface area contributed by atoms with Crippen LogP contribution in [-0.4, -0.2) is 93.9 Å². The van der Waals surface area contributed by atoms with E-state index in [0.29, 0.717) is 16.8 Å². The molecule has 24 heteroatoms. The molecule has 3 atom stereocenters. The zero-order valence-corrected chi connectivity index (χ0v) is 37.8. The number of fused-ring (bicyclic) bond motifs is 3. The number of esters is 2. The number of carbonyl (C=O) groups excluding carboxylic acids is 3. The van der Waals surface area contributed by atoms with Crippen LogP contribution in [0.5, 0.6) is 11.5 Å². The van der Waals surface area contributed by atoms with Crippen molar-refractivity contribution in [1.29, 1.82) is 0 Å². The van der Waals surface area contributed by atoms with Crippen molar-refractivity contribution < 1.29 is 78.3 Å². The first-order valence-electron chi connectivity index (χ1n) is 20.8. The normalized spacial score (nSPS) is 18.6. The molecule has 0 spiro atoms. The Bertz CT molecular complexity index is 2550. The maximum absolute atomic E-state index is 13.8. The molecule has 3 saturated heterocycles.